The Bertz CT molecular complexity index is 324. The summed E-state index contributed by atoms with van der Waals surface area (Å²) in [5.74, 6) is 0.226. The summed E-state index contributed by atoms with van der Waals surface area (Å²) in [5, 5.41) is 10.3. The molecule has 1 rings (SSSR count). The zero-order valence-corrected chi connectivity index (χ0v) is 9.76. The van der Waals surface area contributed by atoms with Crippen LogP contribution in [0.4, 0.5) is 0 Å². The van der Waals surface area contributed by atoms with E-state index in [-0.39, 0.29) is 5.92 Å². The van der Waals surface area contributed by atoms with Crippen LogP contribution in [0.5, 0.6) is 0 Å². The van der Waals surface area contributed by atoms with Crippen LogP contribution in [0, 0.1) is 19.8 Å². The molecule has 0 fully saturated rings. The van der Waals surface area contributed by atoms with Crippen LogP contribution in [0.1, 0.15) is 37.5 Å². The largest absolute Gasteiger partial charge is 0.385 e. The quantitative estimate of drug-likeness (QED) is 0.763. The minimum atomic E-state index is -0.724. The normalized spacial score (nSPS) is 15.6. The number of aryl methyl sites for hydroxylation is 2. The molecule has 0 heterocycles. The summed E-state index contributed by atoms with van der Waals surface area (Å²) in [4.78, 5) is 0. The zero-order chi connectivity index (χ0) is 10.9. The number of hydrogen-bond acceptors (Lipinski definition) is 1. The Hall–Kier alpha value is -0.820. The number of aliphatic hydroxyl groups is 1. The van der Waals surface area contributed by atoms with Crippen LogP contribution in [-0.2, 0) is 5.60 Å². The van der Waals surface area contributed by atoms with Crippen LogP contribution in [0.3, 0.4) is 0 Å². The van der Waals surface area contributed by atoms with E-state index in [1.54, 1.807) is 0 Å². The molecule has 0 saturated heterocycles. The molecule has 78 valence electrons. The Kier molecular flexibility index (Phi) is 3.01. The van der Waals surface area contributed by atoms with Crippen LogP contribution in [0.2, 0.25) is 0 Å². The van der Waals surface area contributed by atoms with Gasteiger partial charge in [0.15, 0.2) is 0 Å². The lowest BCUT2D eigenvalue weighted by atomic mass is 9.82. The third-order valence-corrected chi connectivity index (χ3v) is 3.05. The maximum absolute atomic E-state index is 10.3. The lowest BCUT2D eigenvalue weighted by Gasteiger charge is -2.30. The van der Waals surface area contributed by atoms with Crippen LogP contribution < -0.4 is 0 Å². The van der Waals surface area contributed by atoms with Gasteiger partial charge in [0.1, 0.15) is 0 Å². The highest BCUT2D eigenvalue weighted by atomic mass is 16.3. The Morgan fingerprint density at radius 3 is 2.21 bits per heavy atom. The molecule has 0 unspecified atom stereocenters. The van der Waals surface area contributed by atoms with Gasteiger partial charge in [-0.15, -0.1) is 0 Å². The predicted octanol–water partition coefficient (Wildman–Crippen LogP) is 3.17. The van der Waals surface area contributed by atoms with Crippen LogP contribution in [0.15, 0.2) is 18.2 Å². The lowest BCUT2D eigenvalue weighted by molar-refractivity contribution is 0.00847. The Morgan fingerprint density at radius 2 is 1.79 bits per heavy atom. The minimum absolute atomic E-state index is 0.226. The smallest absolute Gasteiger partial charge is 0.0893 e. The average molecular weight is 192 g/mol. The molecule has 0 bridgehead atoms. The molecule has 0 aliphatic carbocycles. The first-order valence-corrected chi connectivity index (χ1v) is 5.16. The fourth-order valence-electron chi connectivity index (χ4n) is 1.69. The molecule has 1 nitrogen and oxygen atoms in total. The molecule has 1 aromatic carbocycles. The zero-order valence-electron chi connectivity index (χ0n) is 9.76. The molecule has 0 amide bonds. The van der Waals surface area contributed by atoms with Crippen molar-refractivity contribution in [2.75, 3.05) is 0 Å². The molecule has 0 spiro atoms. The van der Waals surface area contributed by atoms with Crippen molar-refractivity contribution in [1.29, 1.82) is 0 Å². The molecule has 1 aromatic rings. The standard InChI is InChI=1S/C13H20O/c1-9(2)13(5,14)12-7-6-10(3)8-11(12)4/h6-9,14H,1-5H3/t13-/m1/s1. The van der Waals surface area contributed by atoms with Crippen LogP contribution in [-0.4, -0.2) is 5.11 Å². The maximum atomic E-state index is 10.3. The molecule has 1 N–H and O–H groups in total. The van der Waals surface area contributed by atoms with Gasteiger partial charge in [-0.1, -0.05) is 37.6 Å². The first-order valence-electron chi connectivity index (χ1n) is 5.16. The molecule has 0 aliphatic heterocycles. The Balaban J connectivity index is 3.19. The van der Waals surface area contributed by atoms with Gasteiger partial charge in [0, 0.05) is 0 Å². The van der Waals surface area contributed by atoms with Gasteiger partial charge in [0.25, 0.3) is 0 Å². The second-order valence-electron chi connectivity index (χ2n) is 4.62. The van der Waals surface area contributed by atoms with Crippen molar-refractivity contribution < 1.29 is 5.11 Å². The summed E-state index contributed by atoms with van der Waals surface area (Å²) >= 11 is 0. The van der Waals surface area contributed by atoms with Crippen molar-refractivity contribution in [3.05, 3.63) is 34.9 Å². The van der Waals surface area contributed by atoms with Gasteiger partial charge >= 0.3 is 0 Å². The summed E-state index contributed by atoms with van der Waals surface area (Å²) in [7, 11) is 0. The third kappa shape index (κ3) is 1.98. The van der Waals surface area contributed by atoms with E-state index >= 15 is 0 Å². The fraction of sp³-hybridized carbons (Fsp3) is 0.538. The van der Waals surface area contributed by atoms with Gasteiger partial charge in [-0.2, -0.15) is 0 Å². The molecule has 0 aliphatic rings. The van der Waals surface area contributed by atoms with E-state index in [9.17, 15) is 5.11 Å². The first kappa shape index (κ1) is 11.3. The van der Waals surface area contributed by atoms with Gasteiger partial charge in [-0.25, -0.2) is 0 Å². The second kappa shape index (κ2) is 3.74. The Labute approximate surface area is 86.8 Å². The van der Waals surface area contributed by atoms with Crippen molar-refractivity contribution >= 4 is 0 Å². The van der Waals surface area contributed by atoms with E-state index in [0.717, 1.165) is 5.56 Å². The molecular formula is C13H20O. The van der Waals surface area contributed by atoms with Crippen molar-refractivity contribution in [3.8, 4) is 0 Å². The monoisotopic (exact) mass is 192 g/mol. The summed E-state index contributed by atoms with van der Waals surface area (Å²) in [6.07, 6.45) is 0. The summed E-state index contributed by atoms with van der Waals surface area (Å²) in [5.41, 5.74) is 2.73. The first-order chi connectivity index (χ1) is 6.35. The van der Waals surface area contributed by atoms with Gasteiger partial charge < -0.3 is 5.11 Å². The average Bonchev–Trinajstić information content (AvgIpc) is 2.02. The number of benzene rings is 1. The van der Waals surface area contributed by atoms with Crippen LogP contribution >= 0.6 is 0 Å². The highest BCUT2D eigenvalue weighted by Crippen LogP contribution is 2.31. The molecule has 1 atom stereocenters. The topological polar surface area (TPSA) is 20.2 Å². The molecule has 0 aromatic heterocycles. The van der Waals surface area contributed by atoms with E-state index < -0.39 is 5.60 Å². The van der Waals surface area contributed by atoms with Crippen molar-refractivity contribution in [2.45, 2.75) is 40.2 Å². The molecule has 14 heavy (non-hydrogen) atoms. The van der Waals surface area contributed by atoms with Crippen molar-refractivity contribution in [3.63, 3.8) is 0 Å². The summed E-state index contributed by atoms with van der Waals surface area (Å²) in [6, 6.07) is 6.20. The predicted molar refractivity (Wildman–Crippen MR) is 60.3 cm³/mol. The highest BCUT2D eigenvalue weighted by Gasteiger charge is 2.28. The van der Waals surface area contributed by atoms with Crippen molar-refractivity contribution in [1.82, 2.24) is 0 Å². The summed E-state index contributed by atoms with van der Waals surface area (Å²) < 4.78 is 0. The van der Waals surface area contributed by atoms with E-state index in [0.29, 0.717) is 0 Å². The molecule has 0 saturated carbocycles. The second-order valence-corrected chi connectivity index (χ2v) is 4.62. The maximum Gasteiger partial charge on any atom is 0.0893 e. The molecule has 0 radical (unpaired) electrons. The minimum Gasteiger partial charge on any atom is -0.385 e. The van der Waals surface area contributed by atoms with E-state index in [2.05, 4.69) is 26.0 Å². The van der Waals surface area contributed by atoms with E-state index in [1.807, 2.05) is 26.8 Å². The molecular weight excluding hydrogens is 172 g/mol. The van der Waals surface area contributed by atoms with Gasteiger partial charge in [-0.05, 0) is 37.8 Å². The summed E-state index contributed by atoms with van der Waals surface area (Å²) in [6.45, 7) is 10.1. The Morgan fingerprint density at radius 1 is 1.21 bits per heavy atom. The lowest BCUT2D eigenvalue weighted by Crippen LogP contribution is -2.28. The number of rotatable bonds is 2. The van der Waals surface area contributed by atoms with Crippen LogP contribution in [0.25, 0.3) is 0 Å². The van der Waals surface area contributed by atoms with E-state index in [4.69, 9.17) is 0 Å². The highest BCUT2D eigenvalue weighted by molar-refractivity contribution is 5.34. The van der Waals surface area contributed by atoms with Gasteiger partial charge in [0.2, 0.25) is 0 Å². The van der Waals surface area contributed by atoms with E-state index in [1.165, 1.54) is 11.1 Å². The molecule has 1 heteroatoms. The SMILES string of the molecule is Cc1ccc([C@](C)(O)C(C)C)c(C)c1. The van der Waals surface area contributed by atoms with Crippen molar-refractivity contribution in [2.24, 2.45) is 5.92 Å². The fourth-order valence-corrected chi connectivity index (χ4v) is 1.69. The van der Waals surface area contributed by atoms with Gasteiger partial charge in [0.05, 0.1) is 5.60 Å². The number of hydrogen-bond donors (Lipinski definition) is 1. The van der Waals surface area contributed by atoms with Gasteiger partial charge in [-0.3, -0.25) is 0 Å². The third-order valence-electron chi connectivity index (χ3n) is 3.05.